The molecule has 162 valence electrons. The van der Waals surface area contributed by atoms with Crippen LogP contribution in [0.5, 0.6) is 0 Å². The Hall–Kier alpha value is -3.25. The summed E-state index contributed by atoms with van der Waals surface area (Å²) in [5, 5.41) is 18.5. The fourth-order valence-corrected chi connectivity index (χ4v) is 2.97. The molecule has 0 heterocycles. The molecule has 0 fully saturated rings. The third-order valence-electron chi connectivity index (χ3n) is 4.62. The molecule has 4 nitrogen and oxygen atoms in total. The second-order valence-electron chi connectivity index (χ2n) is 6.89. The highest BCUT2D eigenvalue weighted by Gasteiger charge is 2.20. The molecule has 3 aromatic rings. The Morgan fingerprint density at radius 2 is 1.35 bits per heavy atom. The first-order valence-corrected chi connectivity index (χ1v) is 9.76. The van der Waals surface area contributed by atoms with Gasteiger partial charge in [0.15, 0.2) is 0 Å². The van der Waals surface area contributed by atoms with E-state index in [0.29, 0.717) is 22.6 Å². The lowest BCUT2D eigenvalue weighted by Gasteiger charge is -2.13. The maximum atomic E-state index is 13.2. The molecule has 0 saturated heterocycles. The van der Waals surface area contributed by atoms with Crippen LogP contribution in [0.4, 0.5) is 8.78 Å². The van der Waals surface area contributed by atoms with E-state index in [-0.39, 0.29) is 0 Å². The molecule has 3 aromatic carbocycles. The maximum Gasteiger partial charge on any atom is 0.311 e. The second-order valence-corrected chi connectivity index (χ2v) is 7.33. The van der Waals surface area contributed by atoms with Crippen molar-refractivity contribution in [3.8, 4) is 0 Å². The lowest BCUT2D eigenvalue weighted by Crippen LogP contribution is -2.14. The van der Waals surface area contributed by atoms with Crippen LogP contribution in [-0.4, -0.2) is 22.2 Å². The highest BCUT2D eigenvalue weighted by molar-refractivity contribution is 6.30. The summed E-state index contributed by atoms with van der Waals surface area (Å²) in [6, 6.07) is 18.3. The smallest absolute Gasteiger partial charge is 0.311 e. The van der Waals surface area contributed by atoms with Crippen LogP contribution in [0.25, 0.3) is 0 Å². The Bertz CT molecular complexity index is 1040. The first-order valence-electron chi connectivity index (χ1n) is 9.38. The molecule has 0 amide bonds. The van der Waals surface area contributed by atoms with Crippen molar-refractivity contribution >= 4 is 23.5 Å². The molecule has 0 radical (unpaired) electrons. The second kappa shape index (κ2) is 11.2. The minimum atomic E-state index is -0.972. The molecule has 7 heteroatoms. The molecule has 0 aliphatic heterocycles. The molecule has 0 spiro atoms. The van der Waals surface area contributed by atoms with Crippen molar-refractivity contribution in [2.24, 2.45) is 0 Å². The zero-order valence-electron chi connectivity index (χ0n) is 16.6. The van der Waals surface area contributed by atoms with E-state index in [2.05, 4.69) is 0 Å². The lowest BCUT2D eigenvalue weighted by molar-refractivity contribution is -0.139. The van der Waals surface area contributed by atoms with Gasteiger partial charge in [-0.25, -0.2) is 8.78 Å². The quantitative estimate of drug-likeness (QED) is 0.494. The molecule has 2 atom stereocenters. The van der Waals surface area contributed by atoms with E-state index >= 15 is 0 Å². The maximum absolute atomic E-state index is 13.2. The van der Waals surface area contributed by atoms with Gasteiger partial charge in [0.1, 0.15) is 11.6 Å². The van der Waals surface area contributed by atoms with Gasteiger partial charge >= 0.3 is 11.9 Å². The zero-order valence-corrected chi connectivity index (χ0v) is 17.4. The van der Waals surface area contributed by atoms with Gasteiger partial charge in [0.25, 0.3) is 0 Å². The third kappa shape index (κ3) is 7.50. The van der Waals surface area contributed by atoms with Crippen molar-refractivity contribution in [3.05, 3.63) is 106 Å². The third-order valence-corrected chi connectivity index (χ3v) is 4.87. The van der Waals surface area contributed by atoms with Crippen LogP contribution in [0.3, 0.4) is 0 Å². The SMILES string of the molecule is CC(C(=O)O)c1cccc(F)c1.O=C(O)C(Cc1ccc(Cl)cc1)c1cccc(F)c1. The first-order chi connectivity index (χ1) is 14.7. The Morgan fingerprint density at radius 3 is 1.84 bits per heavy atom. The molecule has 0 aromatic heterocycles. The summed E-state index contributed by atoms with van der Waals surface area (Å²) in [6.07, 6.45) is 0.302. The first kappa shape index (κ1) is 24.0. The minimum absolute atomic E-state index is 0.302. The molecule has 31 heavy (non-hydrogen) atoms. The number of halogens is 3. The van der Waals surface area contributed by atoms with Gasteiger partial charge in [-0.15, -0.1) is 0 Å². The summed E-state index contributed by atoms with van der Waals surface area (Å²) >= 11 is 5.78. The predicted molar refractivity (Wildman–Crippen MR) is 114 cm³/mol. The number of hydrogen-bond acceptors (Lipinski definition) is 2. The van der Waals surface area contributed by atoms with E-state index in [0.717, 1.165) is 5.56 Å². The molecule has 0 aliphatic carbocycles. The van der Waals surface area contributed by atoms with Gasteiger partial charge in [-0.1, -0.05) is 48.0 Å². The van der Waals surface area contributed by atoms with E-state index in [4.69, 9.17) is 16.7 Å². The van der Waals surface area contributed by atoms with Crippen LogP contribution in [0.15, 0.2) is 72.8 Å². The number of benzene rings is 3. The van der Waals surface area contributed by atoms with Gasteiger partial charge in [0, 0.05) is 5.02 Å². The van der Waals surface area contributed by atoms with Crippen LogP contribution >= 0.6 is 11.6 Å². The van der Waals surface area contributed by atoms with Gasteiger partial charge in [-0.2, -0.15) is 0 Å². The number of aliphatic carboxylic acids is 2. The van der Waals surface area contributed by atoms with Crippen LogP contribution in [-0.2, 0) is 16.0 Å². The van der Waals surface area contributed by atoms with E-state index in [9.17, 15) is 23.5 Å². The fourth-order valence-electron chi connectivity index (χ4n) is 2.85. The summed E-state index contributed by atoms with van der Waals surface area (Å²) in [4.78, 5) is 21.8. The topological polar surface area (TPSA) is 74.6 Å². The van der Waals surface area contributed by atoms with Gasteiger partial charge in [0.05, 0.1) is 11.8 Å². The molecular weight excluding hydrogens is 426 g/mol. The summed E-state index contributed by atoms with van der Waals surface area (Å²) < 4.78 is 25.8. The molecule has 0 aliphatic rings. The fraction of sp³-hybridized carbons (Fsp3) is 0.167. The predicted octanol–water partition coefficient (Wildman–Crippen LogP) is 5.90. The van der Waals surface area contributed by atoms with Crippen molar-refractivity contribution in [2.45, 2.75) is 25.2 Å². The van der Waals surface area contributed by atoms with E-state index in [1.165, 1.54) is 43.3 Å². The van der Waals surface area contributed by atoms with Crippen LogP contribution < -0.4 is 0 Å². The Kier molecular flexibility index (Phi) is 8.70. The van der Waals surface area contributed by atoms with Crippen LogP contribution in [0.1, 0.15) is 35.4 Å². The summed E-state index contributed by atoms with van der Waals surface area (Å²) in [7, 11) is 0. The van der Waals surface area contributed by atoms with Gasteiger partial charge in [-0.05, 0) is 66.4 Å². The molecule has 2 unspecified atom stereocenters. The average Bonchev–Trinajstić information content (AvgIpc) is 2.73. The standard InChI is InChI=1S/C15H12ClFO2.C9H9FO2/c16-12-6-4-10(5-7-12)8-14(15(18)19)11-2-1-3-13(17)9-11;1-6(9(11)12)7-3-2-4-8(10)5-7/h1-7,9,14H,8H2,(H,18,19);2-6H,1H3,(H,11,12). The number of rotatable bonds is 6. The van der Waals surface area contributed by atoms with Crippen LogP contribution in [0.2, 0.25) is 5.02 Å². The number of carboxylic acids is 2. The molecule has 0 saturated carbocycles. The molecular formula is C24H21ClF2O4. The van der Waals surface area contributed by atoms with Crippen LogP contribution in [0, 0.1) is 11.6 Å². The largest absolute Gasteiger partial charge is 0.481 e. The summed E-state index contributed by atoms with van der Waals surface area (Å²) in [6.45, 7) is 1.52. The zero-order chi connectivity index (χ0) is 23.0. The van der Waals surface area contributed by atoms with Crippen molar-refractivity contribution in [1.29, 1.82) is 0 Å². The van der Waals surface area contributed by atoms with E-state index in [1.54, 1.807) is 36.4 Å². The number of hydrogen-bond donors (Lipinski definition) is 2. The number of carbonyl (C=O) groups is 2. The summed E-state index contributed by atoms with van der Waals surface area (Å²) in [5.41, 5.74) is 1.80. The van der Waals surface area contributed by atoms with Crippen molar-refractivity contribution in [1.82, 2.24) is 0 Å². The van der Waals surface area contributed by atoms with Crippen molar-refractivity contribution in [2.75, 3.05) is 0 Å². The van der Waals surface area contributed by atoms with E-state index in [1.807, 2.05) is 0 Å². The molecule has 0 bridgehead atoms. The molecule has 3 rings (SSSR count). The van der Waals surface area contributed by atoms with Gasteiger partial charge in [0.2, 0.25) is 0 Å². The monoisotopic (exact) mass is 446 g/mol. The average molecular weight is 447 g/mol. The van der Waals surface area contributed by atoms with Gasteiger partial charge in [-0.3, -0.25) is 9.59 Å². The van der Waals surface area contributed by atoms with Crippen molar-refractivity contribution < 1.29 is 28.6 Å². The lowest BCUT2D eigenvalue weighted by atomic mass is 9.92. The molecule has 2 N–H and O–H groups in total. The highest BCUT2D eigenvalue weighted by Crippen LogP contribution is 2.23. The van der Waals surface area contributed by atoms with Crippen molar-refractivity contribution in [3.63, 3.8) is 0 Å². The Labute approximate surface area is 183 Å². The highest BCUT2D eigenvalue weighted by atomic mass is 35.5. The minimum Gasteiger partial charge on any atom is -0.481 e. The normalized spacial score (nSPS) is 12.3. The van der Waals surface area contributed by atoms with Gasteiger partial charge < -0.3 is 10.2 Å². The summed E-state index contributed by atoms with van der Waals surface area (Å²) in [5.74, 6) is -4.17. The number of carboxylic acid groups (broad SMARTS) is 2. The Balaban J connectivity index is 0.000000245. The van der Waals surface area contributed by atoms with E-state index < -0.39 is 35.4 Å². The Morgan fingerprint density at radius 1 is 0.839 bits per heavy atom.